The molecule has 0 amide bonds. The van der Waals surface area contributed by atoms with Crippen LogP contribution >= 0.6 is 23.7 Å². The zero-order valence-corrected chi connectivity index (χ0v) is 18.1. The molecule has 0 bridgehead atoms. The van der Waals surface area contributed by atoms with Crippen molar-refractivity contribution in [3.8, 4) is 22.7 Å². The molecule has 1 aliphatic carbocycles. The molecule has 7 nitrogen and oxygen atoms in total. The number of fused-ring (bicyclic) bond motifs is 1. The Hall–Kier alpha value is -2.29. The Morgan fingerprint density at radius 2 is 1.76 bits per heavy atom. The van der Waals surface area contributed by atoms with Gasteiger partial charge in [-0.25, -0.2) is 4.98 Å². The summed E-state index contributed by atoms with van der Waals surface area (Å²) in [4.78, 5) is 11.8. The van der Waals surface area contributed by atoms with Gasteiger partial charge in [-0.15, -0.1) is 23.7 Å². The topological polar surface area (TPSA) is 104 Å². The molecule has 0 radical (unpaired) electrons. The summed E-state index contributed by atoms with van der Waals surface area (Å²) in [7, 11) is 0. The normalized spacial score (nSPS) is 15.7. The third-order valence-corrected chi connectivity index (χ3v) is 6.50. The number of aryl methyl sites for hydroxylation is 3. The highest BCUT2D eigenvalue weighted by molar-refractivity contribution is 7.12. The quantitative estimate of drug-likeness (QED) is 0.482. The van der Waals surface area contributed by atoms with Crippen molar-refractivity contribution >= 4 is 34.8 Å². The van der Waals surface area contributed by atoms with Crippen LogP contribution in [0.2, 0.25) is 0 Å². The number of thiophene rings is 1. The van der Waals surface area contributed by atoms with Gasteiger partial charge in [0.2, 0.25) is 0 Å². The summed E-state index contributed by atoms with van der Waals surface area (Å²) in [6, 6.07) is 4.12. The van der Waals surface area contributed by atoms with Crippen LogP contribution in [0.5, 0.6) is 0 Å². The number of pyridine rings is 1. The van der Waals surface area contributed by atoms with Crippen molar-refractivity contribution in [1.29, 1.82) is 0 Å². The fourth-order valence-electron chi connectivity index (χ4n) is 4.05. The van der Waals surface area contributed by atoms with Crippen LogP contribution in [0.15, 0.2) is 21.2 Å². The Bertz CT molecular complexity index is 1190. The van der Waals surface area contributed by atoms with Crippen LogP contribution in [0.25, 0.3) is 33.8 Å². The molecular weight excluding hydrogens is 410 g/mol. The van der Waals surface area contributed by atoms with E-state index in [-0.39, 0.29) is 12.4 Å². The first-order chi connectivity index (χ1) is 13.4. The molecule has 0 spiro atoms. The Kier molecular flexibility index (Phi) is 4.96. The Balaban J connectivity index is 0.00000205. The number of rotatable bonds is 3. The van der Waals surface area contributed by atoms with E-state index in [2.05, 4.69) is 40.2 Å². The van der Waals surface area contributed by atoms with E-state index in [9.17, 15) is 0 Å². The van der Waals surface area contributed by atoms with E-state index in [1.165, 1.54) is 9.75 Å². The average molecular weight is 432 g/mol. The van der Waals surface area contributed by atoms with Crippen LogP contribution < -0.4 is 5.73 Å². The Morgan fingerprint density at radius 1 is 1.00 bits per heavy atom. The number of nitrogens with two attached hydrogens (primary N) is 1. The summed E-state index contributed by atoms with van der Waals surface area (Å²) < 4.78 is 11.1. The molecule has 152 valence electrons. The summed E-state index contributed by atoms with van der Waals surface area (Å²) in [5, 5.41) is 9.10. The van der Waals surface area contributed by atoms with E-state index >= 15 is 0 Å². The minimum absolute atomic E-state index is 0. The number of aromatic nitrogens is 4. The Morgan fingerprint density at radius 3 is 2.45 bits per heavy atom. The van der Waals surface area contributed by atoms with Gasteiger partial charge in [0.05, 0.1) is 27.9 Å². The predicted octanol–water partition coefficient (Wildman–Crippen LogP) is 5.08. The molecule has 4 aromatic rings. The van der Waals surface area contributed by atoms with E-state index in [4.69, 9.17) is 14.8 Å². The molecule has 9 heteroatoms. The van der Waals surface area contributed by atoms with Crippen molar-refractivity contribution in [1.82, 2.24) is 20.3 Å². The summed E-state index contributed by atoms with van der Waals surface area (Å²) in [6.45, 7) is 6.06. The van der Waals surface area contributed by atoms with Crippen LogP contribution in [-0.2, 0) is 5.54 Å². The fourth-order valence-corrected chi connectivity index (χ4v) is 4.98. The monoisotopic (exact) mass is 431 g/mol. The maximum absolute atomic E-state index is 6.51. The van der Waals surface area contributed by atoms with Gasteiger partial charge in [-0.3, -0.25) is 0 Å². The third-order valence-electron chi connectivity index (χ3n) is 5.53. The van der Waals surface area contributed by atoms with Crippen LogP contribution in [0.3, 0.4) is 0 Å². The van der Waals surface area contributed by atoms with E-state index in [1.807, 2.05) is 13.0 Å². The zero-order valence-electron chi connectivity index (χ0n) is 16.5. The van der Waals surface area contributed by atoms with Crippen molar-refractivity contribution in [2.45, 2.75) is 52.0 Å². The predicted molar refractivity (Wildman–Crippen MR) is 114 cm³/mol. The molecule has 1 fully saturated rings. The lowest BCUT2D eigenvalue weighted by atomic mass is 9.98. The molecule has 2 N–H and O–H groups in total. The molecule has 4 heterocycles. The lowest BCUT2D eigenvalue weighted by Crippen LogP contribution is -2.34. The minimum atomic E-state index is -0.499. The van der Waals surface area contributed by atoms with E-state index in [0.717, 1.165) is 53.6 Å². The minimum Gasteiger partial charge on any atom is -0.335 e. The van der Waals surface area contributed by atoms with Gasteiger partial charge in [-0.05, 0) is 45.7 Å². The second-order valence-corrected chi connectivity index (χ2v) is 9.08. The van der Waals surface area contributed by atoms with E-state index < -0.39 is 5.54 Å². The van der Waals surface area contributed by atoms with Crippen molar-refractivity contribution in [3.63, 3.8) is 0 Å². The molecule has 29 heavy (non-hydrogen) atoms. The summed E-state index contributed by atoms with van der Waals surface area (Å²) in [5.74, 6) is 0.999. The first-order valence-electron chi connectivity index (χ1n) is 9.42. The second-order valence-electron chi connectivity index (χ2n) is 7.62. The van der Waals surface area contributed by atoms with Crippen LogP contribution in [-0.4, -0.2) is 20.3 Å². The Labute approximate surface area is 178 Å². The van der Waals surface area contributed by atoms with Crippen molar-refractivity contribution in [3.05, 3.63) is 33.4 Å². The van der Waals surface area contributed by atoms with Gasteiger partial charge in [-0.1, -0.05) is 23.2 Å². The molecule has 1 aliphatic rings. The van der Waals surface area contributed by atoms with Crippen LogP contribution in [0.1, 0.15) is 47.0 Å². The number of hydrogen-bond acceptors (Lipinski definition) is 8. The second kappa shape index (κ2) is 7.19. The maximum Gasteiger partial charge on any atom is 0.259 e. The van der Waals surface area contributed by atoms with Gasteiger partial charge < -0.3 is 14.8 Å². The molecule has 0 aromatic carbocycles. The summed E-state index contributed by atoms with van der Waals surface area (Å²) >= 11 is 1.74. The largest absolute Gasteiger partial charge is 0.335 e. The molecule has 1 saturated carbocycles. The van der Waals surface area contributed by atoms with Crippen molar-refractivity contribution < 1.29 is 9.05 Å². The molecule has 0 atom stereocenters. The van der Waals surface area contributed by atoms with Gasteiger partial charge in [0.15, 0.2) is 5.82 Å². The highest BCUT2D eigenvalue weighted by Crippen LogP contribution is 2.38. The highest BCUT2D eigenvalue weighted by Gasteiger charge is 2.36. The van der Waals surface area contributed by atoms with Gasteiger partial charge in [-0.2, -0.15) is 4.98 Å². The molecule has 5 rings (SSSR count). The van der Waals surface area contributed by atoms with Crippen molar-refractivity contribution in [2.75, 3.05) is 0 Å². The smallest absolute Gasteiger partial charge is 0.259 e. The number of nitrogens with zero attached hydrogens (tertiary/aromatic N) is 4. The summed E-state index contributed by atoms with van der Waals surface area (Å²) in [5.41, 5.74) is 9.89. The van der Waals surface area contributed by atoms with Gasteiger partial charge >= 0.3 is 0 Å². The molecule has 0 aliphatic heterocycles. The van der Waals surface area contributed by atoms with Crippen molar-refractivity contribution in [2.24, 2.45) is 5.73 Å². The number of halogens is 1. The SMILES string of the molecule is Cc1cc(-c2cc(-c3nc(C4(N)CCCC4)no3)c3c(C)noc3n2)c(C)s1.Cl. The average Bonchev–Trinajstić information content (AvgIpc) is 3.43. The van der Waals surface area contributed by atoms with Crippen LogP contribution in [0.4, 0.5) is 0 Å². The third kappa shape index (κ3) is 3.25. The first-order valence-corrected chi connectivity index (χ1v) is 10.2. The van der Waals surface area contributed by atoms with E-state index in [0.29, 0.717) is 17.4 Å². The molecular formula is C20H22ClN5O2S. The molecule has 0 unspecified atom stereocenters. The van der Waals surface area contributed by atoms with E-state index in [1.54, 1.807) is 11.3 Å². The summed E-state index contributed by atoms with van der Waals surface area (Å²) in [6.07, 6.45) is 3.93. The lowest BCUT2D eigenvalue weighted by molar-refractivity contribution is 0.373. The van der Waals surface area contributed by atoms with Crippen LogP contribution in [0, 0.1) is 20.8 Å². The maximum atomic E-state index is 6.51. The van der Waals surface area contributed by atoms with Gasteiger partial charge in [0, 0.05) is 15.3 Å². The number of hydrogen-bond donors (Lipinski definition) is 1. The highest BCUT2D eigenvalue weighted by atomic mass is 35.5. The fraction of sp³-hybridized carbons (Fsp3) is 0.400. The first kappa shape index (κ1) is 20.0. The standard InChI is InChI=1S/C20H21N5O2S.ClH/c1-10-8-13(12(3)28-10)15-9-14(16-11(2)24-27-18(16)22-15)17-23-19(25-26-17)20(21)6-4-5-7-20;/h8-9H,4-7,21H2,1-3H3;1H. The molecule has 4 aromatic heterocycles. The lowest BCUT2D eigenvalue weighted by Gasteiger charge is -2.17. The zero-order chi connectivity index (χ0) is 19.5. The van der Waals surface area contributed by atoms with Gasteiger partial charge in [0.1, 0.15) is 0 Å². The van der Waals surface area contributed by atoms with Gasteiger partial charge in [0.25, 0.3) is 11.6 Å². The molecule has 0 saturated heterocycles.